The molecule has 9 heteroatoms. The first-order valence-electron chi connectivity index (χ1n) is 5.85. The first-order valence-corrected chi connectivity index (χ1v) is 8.33. The summed E-state index contributed by atoms with van der Waals surface area (Å²) < 4.78 is 22.9. The fourth-order valence-electron chi connectivity index (χ4n) is 1.51. The van der Waals surface area contributed by atoms with Gasteiger partial charge in [-0.05, 0) is 19.2 Å². The molecule has 0 saturated carbocycles. The maximum Gasteiger partial charge on any atom is 0.412 e. The van der Waals surface area contributed by atoms with Crippen molar-refractivity contribution in [3.8, 4) is 5.75 Å². The van der Waals surface area contributed by atoms with Gasteiger partial charge in [0.25, 0.3) is 0 Å². The SMILES string of the molecule is COC(=O)[C@H](CC(=O)O)N(C)P(=O)(Cl)Oc1ccccc1. The predicted octanol–water partition coefficient (Wildman–Crippen LogP) is 2.36. The summed E-state index contributed by atoms with van der Waals surface area (Å²) in [5.74, 6) is -1.88. The number of hydrogen-bond donors (Lipinski definition) is 1. The van der Waals surface area contributed by atoms with E-state index in [4.69, 9.17) is 20.9 Å². The standard InChI is InChI=1S/C12H15ClNO6P/c1-14(10(8-11(15)16)12(17)19-2)21(13,18)20-9-6-4-3-5-7-9/h3-7,10H,8H2,1-2H3,(H,15,16)/t10-,21?/m0/s1. The molecule has 0 saturated heterocycles. The number of carboxylic acids is 1. The van der Waals surface area contributed by atoms with Crippen LogP contribution in [-0.4, -0.2) is 41.9 Å². The van der Waals surface area contributed by atoms with Gasteiger partial charge in [0, 0.05) is 11.2 Å². The summed E-state index contributed by atoms with van der Waals surface area (Å²) in [7, 11) is 2.34. The molecule has 1 N–H and O–H groups in total. The minimum absolute atomic E-state index is 0.238. The van der Waals surface area contributed by atoms with Gasteiger partial charge in [0.05, 0.1) is 13.5 Å². The van der Waals surface area contributed by atoms with Crippen LogP contribution in [0.25, 0.3) is 0 Å². The molecule has 7 nitrogen and oxygen atoms in total. The van der Waals surface area contributed by atoms with Crippen molar-refractivity contribution in [3.05, 3.63) is 30.3 Å². The van der Waals surface area contributed by atoms with E-state index in [9.17, 15) is 14.2 Å². The Labute approximate surface area is 126 Å². The molecule has 2 atom stereocenters. The maximum absolute atomic E-state index is 12.4. The van der Waals surface area contributed by atoms with Crippen molar-refractivity contribution in [2.24, 2.45) is 0 Å². The molecule has 1 unspecified atom stereocenters. The Bertz CT molecular complexity index is 552. The normalized spacial score (nSPS) is 15.0. The lowest BCUT2D eigenvalue weighted by Gasteiger charge is -2.27. The quantitative estimate of drug-likeness (QED) is 0.604. The highest BCUT2D eigenvalue weighted by atomic mass is 35.7. The van der Waals surface area contributed by atoms with Gasteiger partial charge in [-0.25, -0.2) is 4.57 Å². The third-order valence-electron chi connectivity index (χ3n) is 2.63. The van der Waals surface area contributed by atoms with E-state index in [-0.39, 0.29) is 5.75 Å². The minimum Gasteiger partial charge on any atom is -0.481 e. The van der Waals surface area contributed by atoms with Crippen molar-refractivity contribution < 1.29 is 28.5 Å². The Morgan fingerprint density at radius 2 is 1.95 bits per heavy atom. The van der Waals surface area contributed by atoms with Gasteiger partial charge in [0.15, 0.2) is 0 Å². The van der Waals surface area contributed by atoms with Gasteiger partial charge in [0.1, 0.15) is 11.8 Å². The number of likely N-dealkylation sites (N-methyl/N-ethyl adjacent to an activating group) is 1. The number of para-hydroxylation sites is 1. The smallest absolute Gasteiger partial charge is 0.412 e. The lowest BCUT2D eigenvalue weighted by Crippen LogP contribution is -2.39. The van der Waals surface area contributed by atoms with Crippen LogP contribution in [0, 0.1) is 0 Å². The molecule has 0 bridgehead atoms. The van der Waals surface area contributed by atoms with Crippen molar-refractivity contribution in [2.75, 3.05) is 14.2 Å². The van der Waals surface area contributed by atoms with Gasteiger partial charge in [-0.3, -0.25) is 9.59 Å². The molecular formula is C12H15ClNO6P. The van der Waals surface area contributed by atoms with Crippen LogP contribution in [-0.2, 0) is 18.9 Å². The number of nitrogens with zero attached hydrogens (tertiary/aromatic N) is 1. The molecule has 0 heterocycles. The van der Waals surface area contributed by atoms with Crippen LogP contribution in [0.1, 0.15) is 6.42 Å². The maximum atomic E-state index is 12.4. The fourth-order valence-corrected chi connectivity index (χ4v) is 3.09. The molecule has 1 aromatic rings. The third-order valence-corrected chi connectivity index (χ3v) is 5.02. The molecule has 0 amide bonds. The van der Waals surface area contributed by atoms with Crippen LogP contribution in [0.2, 0.25) is 0 Å². The van der Waals surface area contributed by atoms with E-state index in [0.29, 0.717) is 0 Å². The van der Waals surface area contributed by atoms with Crippen LogP contribution in [0.15, 0.2) is 30.3 Å². The second-order valence-electron chi connectivity index (χ2n) is 4.07. The van der Waals surface area contributed by atoms with Crippen molar-refractivity contribution >= 4 is 30.1 Å². The monoisotopic (exact) mass is 335 g/mol. The molecule has 116 valence electrons. The van der Waals surface area contributed by atoms with E-state index >= 15 is 0 Å². The number of carbonyl (C=O) groups excluding carboxylic acids is 1. The summed E-state index contributed by atoms with van der Waals surface area (Å²) in [6, 6.07) is 6.79. The Kier molecular flexibility index (Phi) is 6.20. The average Bonchev–Trinajstić information content (AvgIpc) is 2.43. The molecule has 0 aromatic heterocycles. The topological polar surface area (TPSA) is 93.1 Å². The molecule has 0 aliphatic heterocycles. The first-order chi connectivity index (χ1) is 9.77. The molecule has 0 fully saturated rings. The van der Waals surface area contributed by atoms with Crippen molar-refractivity contribution in [2.45, 2.75) is 12.5 Å². The minimum atomic E-state index is -3.94. The van der Waals surface area contributed by atoms with Crippen LogP contribution in [0.4, 0.5) is 0 Å². The summed E-state index contributed by atoms with van der Waals surface area (Å²) in [5, 5.41) is 8.82. The van der Waals surface area contributed by atoms with Crippen LogP contribution >= 0.6 is 18.1 Å². The van der Waals surface area contributed by atoms with Gasteiger partial charge in [-0.1, -0.05) is 18.2 Å². The van der Waals surface area contributed by atoms with Gasteiger partial charge in [-0.2, -0.15) is 4.67 Å². The van der Waals surface area contributed by atoms with Crippen LogP contribution in [0.5, 0.6) is 5.75 Å². The van der Waals surface area contributed by atoms with Gasteiger partial charge in [0.2, 0.25) is 0 Å². The van der Waals surface area contributed by atoms with Crippen molar-refractivity contribution in [3.63, 3.8) is 0 Å². The Morgan fingerprint density at radius 1 is 1.38 bits per heavy atom. The Balaban J connectivity index is 2.95. The van der Waals surface area contributed by atoms with E-state index in [1.165, 1.54) is 19.2 Å². The summed E-state index contributed by atoms with van der Waals surface area (Å²) in [6.45, 7) is -3.94. The molecule has 1 rings (SSSR count). The summed E-state index contributed by atoms with van der Waals surface area (Å²) in [6.07, 6.45) is -0.613. The number of benzene rings is 1. The highest BCUT2D eigenvalue weighted by Crippen LogP contribution is 2.56. The Morgan fingerprint density at radius 3 is 2.43 bits per heavy atom. The van der Waals surface area contributed by atoms with E-state index in [1.54, 1.807) is 18.2 Å². The van der Waals surface area contributed by atoms with E-state index in [0.717, 1.165) is 11.8 Å². The van der Waals surface area contributed by atoms with Gasteiger partial charge in [-0.15, -0.1) is 0 Å². The molecule has 0 aliphatic rings. The zero-order valence-electron chi connectivity index (χ0n) is 11.4. The van der Waals surface area contributed by atoms with Crippen LogP contribution < -0.4 is 4.52 Å². The first kappa shape index (κ1) is 17.5. The second kappa shape index (κ2) is 7.45. The zero-order valence-corrected chi connectivity index (χ0v) is 13.1. The zero-order chi connectivity index (χ0) is 16.0. The number of halogens is 1. The number of rotatable bonds is 7. The molecular weight excluding hydrogens is 321 g/mol. The highest BCUT2D eigenvalue weighted by Gasteiger charge is 2.39. The summed E-state index contributed by atoms with van der Waals surface area (Å²) >= 11 is 5.86. The average molecular weight is 336 g/mol. The number of carboxylic acid groups (broad SMARTS) is 1. The molecule has 0 spiro atoms. The number of methoxy groups -OCH3 is 1. The number of ether oxygens (including phenoxy) is 1. The number of aliphatic carboxylic acids is 1. The van der Waals surface area contributed by atoms with E-state index in [1.807, 2.05) is 0 Å². The molecule has 1 aromatic carbocycles. The predicted molar refractivity (Wildman–Crippen MR) is 76.3 cm³/mol. The Hall–Kier alpha value is -1.56. The number of esters is 1. The van der Waals surface area contributed by atoms with Crippen LogP contribution in [0.3, 0.4) is 0 Å². The van der Waals surface area contributed by atoms with E-state index < -0.39 is 31.3 Å². The lowest BCUT2D eigenvalue weighted by atomic mass is 10.2. The third kappa shape index (κ3) is 5.04. The van der Waals surface area contributed by atoms with Gasteiger partial charge >= 0.3 is 18.8 Å². The molecule has 0 aliphatic carbocycles. The number of carbonyl (C=O) groups is 2. The van der Waals surface area contributed by atoms with Gasteiger partial charge < -0.3 is 14.4 Å². The van der Waals surface area contributed by atoms with Crippen molar-refractivity contribution in [1.29, 1.82) is 0 Å². The van der Waals surface area contributed by atoms with E-state index in [2.05, 4.69) is 4.74 Å². The number of hydrogen-bond acceptors (Lipinski definition) is 5. The second-order valence-corrected chi connectivity index (χ2v) is 7.06. The molecule has 0 radical (unpaired) electrons. The highest BCUT2D eigenvalue weighted by molar-refractivity contribution is 7.83. The fraction of sp³-hybridized carbons (Fsp3) is 0.333. The summed E-state index contributed by atoms with van der Waals surface area (Å²) in [5.41, 5.74) is 0. The largest absolute Gasteiger partial charge is 0.481 e. The summed E-state index contributed by atoms with van der Waals surface area (Å²) in [4.78, 5) is 22.4. The molecule has 21 heavy (non-hydrogen) atoms. The van der Waals surface area contributed by atoms with Crippen molar-refractivity contribution in [1.82, 2.24) is 4.67 Å². The lowest BCUT2D eigenvalue weighted by molar-refractivity contribution is -0.150.